The zero-order valence-electron chi connectivity index (χ0n) is 14.7. The first kappa shape index (κ1) is 16.6. The summed E-state index contributed by atoms with van der Waals surface area (Å²) in [4.78, 5) is 9.09. The summed E-state index contributed by atoms with van der Waals surface area (Å²) in [5.41, 5.74) is 2.13. The normalized spacial score (nSPS) is 34.5. The minimum Gasteiger partial charge on any atom is -0.311 e. The Balaban J connectivity index is 1.43. The molecule has 126 valence electrons. The summed E-state index contributed by atoms with van der Waals surface area (Å²) in [5.74, 6) is 0.939. The number of hydrogen-bond donors (Lipinski definition) is 1. The number of allylic oxidation sites excluding steroid dienone is 4. The third-order valence-electron chi connectivity index (χ3n) is 5.62. The van der Waals surface area contributed by atoms with Gasteiger partial charge < -0.3 is 5.32 Å². The van der Waals surface area contributed by atoms with Gasteiger partial charge in [-0.15, -0.1) is 0 Å². The van der Waals surface area contributed by atoms with Crippen LogP contribution in [0, 0.1) is 5.92 Å². The number of aliphatic imine (C=N–C) groups is 2. The summed E-state index contributed by atoms with van der Waals surface area (Å²) in [5, 5.41) is 3.92. The maximum atomic E-state index is 4.92. The van der Waals surface area contributed by atoms with Gasteiger partial charge in [0.15, 0.2) is 0 Å². The van der Waals surface area contributed by atoms with Crippen LogP contribution in [0.15, 0.2) is 34.3 Å². The average Bonchev–Trinajstić information content (AvgIpc) is 2.59. The van der Waals surface area contributed by atoms with Gasteiger partial charge >= 0.3 is 0 Å². The summed E-state index contributed by atoms with van der Waals surface area (Å²) in [6, 6.07) is 2.00. The molecule has 0 saturated heterocycles. The molecule has 0 radical (unpaired) electrons. The molecule has 0 atom stereocenters. The standard InChI is InChI=1S/C20H31N3/c1-15-3-5-17(6-4-15)22-19-11-13-20(14-12-19)23-18-9-7-16(21-2)8-10-18/h7-10,15,17,19-20,22H,3-6,11-14H2,1-2H3. The lowest BCUT2D eigenvalue weighted by molar-refractivity contribution is 0.253. The molecule has 0 aromatic heterocycles. The van der Waals surface area contributed by atoms with Crippen LogP contribution in [0.1, 0.15) is 58.3 Å². The van der Waals surface area contributed by atoms with Crippen LogP contribution in [-0.2, 0) is 0 Å². The molecule has 0 heterocycles. The highest BCUT2D eigenvalue weighted by molar-refractivity contribution is 6.18. The van der Waals surface area contributed by atoms with E-state index >= 15 is 0 Å². The quantitative estimate of drug-likeness (QED) is 0.782. The molecule has 2 saturated carbocycles. The molecule has 0 unspecified atom stereocenters. The van der Waals surface area contributed by atoms with Crippen molar-refractivity contribution >= 4 is 11.4 Å². The number of nitrogens with zero attached hydrogens (tertiary/aromatic N) is 2. The smallest absolute Gasteiger partial charge is 0.0579 e. The SMILES string of the molecule is CN=C1C=CC(=NC2CCC(NC3CCC(C)CC3)CC2)C=C1. The lowest BCUT2D eigenvalue weighted by atomic mass is 9.85. The van der Waals surface area contributed by atoms with Crippen molar-refractivity contribution in [1.82, 2.24) is 5.32 Å². The molecule has 0 aromatic rings. The molecule has 0 amide bonds. The zero-order chi connectivity index (χ0) is 16.1. The van der Waals surface area contributed by atoms with E-state index in [0.717, 1.165) is 29.4 Å². The largest absolute Gasteiger partial charge is 0.311 e. The minimum absolute atomic E-state index is 0.504. The molecular weight excluding hydrogens is 282 g/mol. The molecular formula is C20H31N3. The Kier molecular flexibility index (Phi) is 5.82. The van der Waals surface area contributed by atoms with Crippen LogP contribution in [0.5, 0.6) is 0 Å². The zero-order valence-corrected chi connectivity index (χ0v) is 14.7. The van der Waals surface area contributed by atoms with Crippen LogP contribution in [0.25, 0.3) is 0 Å². The number of hydrogen-bond acceptors (Lipinski definition) is 3. The minimum atomic E-state index is 0.504. The summed E-state index contributed by atoms with van der Waals surface area (Å²) in [6.07, 6.45) is 18.9. The highest BCUT2D eigenvalue weighted by Gasteiger charge is 2.25. The summed E-state index contributed by atoms with van der Waals surface area (Å²) in [7, 11) is 1.83. The van der Waals surface area contributed by atoms with Crippen LogP contribution in [0.3, 0.4) is 0 Å². The fourth-order valence-electron chi connectivity index (χ4n) is 4.03. The van der Waals surface area contributed by atoms with Gasteiger partial charge in [-0.3, -0.25) is 9.98 Å². The maximum Gasteiger partial charge on any atom is 0.0579 e. The van der Waals surface area contributed by atoms with E-state index in [0.29, 0.717) is 6.04 Å². The fourth-order valence-corrected chi connectivity index (χ4v) is 4.03. The first-order chi connectivity index (χ1) is 11.2. The van der Waals surface area contributed by atoms with Crippen molar-refractivity contribution < 1.29 is 0 Å². The molecule has 0 bridgehead atoms. The van der Waals surface area contributed by atoms with Gasteiger partial charge in [-0.1, -0.05) is 6.92 Å². The molecule has 3 aliphatic rings. The van der Waals surface area contributed by atoms with Crippen molar-refractivity contribution in [3.8, 4) is 0 Å². The highest BCUT2D eigenvalue weighted by Crippen LogP contribution is 2.27. The lowest BCUT2D eigenvalue weighted by Crippen LogP contribution is -2.42. The van der Waals surface area contributed by atoms with E-state index in [9.17, 15) is 0 Å². The Labute approximate surface area is 141 Å². The third-order valence-corrected chi connectivity index (χ3v) is 5.62. The van der Waals surface area contributed by atoms with E-state index in [2.05, 4.69) is 41.5 Å². The van der Waals surface area contributed by atoms with Crippen LogP contribution >= 0.6 is 0 Å². The molecule has 0 spiro atoms. The van der Waals surface area contributed by atoms with Gasteiger partial charge in [0.2, 0.25) is 0 Å². The van der Waals surface area contributed by atoms with Crippen molar-refractivity contribution in [2.24, 2.45) is 15.9 Å². The molecule has 3 rings (SSSR count). The fraction of sp³-hybridized carbons (Fsp3) is 0.700. The Morgan fingerprint density at radius 3 is 1.87 bits per heavy atom. The van der Waals surface area contributed by atoms with Gasteiger partial charge in [0, 0.05) is 19.1 Å². The molecule has 3 nitrogen and oxygen atoms in total. The number of nitrogens with one attached hydrogen (secondary N) is 1. The predicted octanol–water partition coefficient (Wildman–Crippen LogP) is 4.10. The van der Waals surface area contributed by atoms with Gasteiger partial charge in [-0.25, -0.2) is 0 Å². The summed E-state index contributed by atoms with van der Waals surface area (Å²) < 4.78 is 0. The average molecular weight is 313 g/mol. The van der Waals surface area contributed by atoms with Crippen LogP contribution in [-0.4, -0.2) is 36.6 Å². The van der Waals surface area contributed by atoms with Crippen LogP contribution in [0.2, 0.25) is 0 Å². The van der Waals surface area contributed by atoms with Gasteiger partial charge in [0.1, 0.15) is 0 Å². The van der Waals surface area contributed by atoms with E-state index < -0.39 is 0 Å². The maximum absolute atomic E-state index is 4.92. The van der Waals surface area contributed by atoms with E-state index in [1.165, 1.54) is 51.4 Å². The van der Waals surface area contributed by atoms with Gasteiger partial charge in [-0.05, 0) is 81.6 Å². The van der Waals surface area contributed by atoms with Gasteiger partial charge in [0.05, 0.1) is 17.5 Å². The van der Waals surface area contributed by atoms with Crippen LogP contribution < -0.4 is 5.32 Å². The van der Waals surface area contributed by atoms with Gasteiger partial charge in [0.25, 0.3) is 0 Å². The van der Waals surface area contributed by atoms with Crippen LogP contribution in [0.4, 0.5) is 0 Å². The van der Waals surface area contributed by atoms with Crippen molar-refractivity contribution in [3.05, 3.63) is 24.3 Å². The van der Waals surface area contributed by atoms with Crippen molar-refractivity contribution in [3.63, 3.8) is 0 Å². The molecule has 2 fully saturated rings. The topological polar surface area (TPSA) is 36.8 Å². The van der Waals surface area contributed by atoms with E-state index in [1.807, 2.05) is 7.05 Å². The second-order valence-electron chi connectivity index (χ2n) is 7.50. The Morgan fingerprint density at radius 2 is 1.30 bits per heavy atom. The number of rotatable bonds is 3. The molecule has 3 aliphatic carbocycles. The van der Waals surface area contributed by atoms with Crippen molar-refractivity contribution in [1.29, 1.82) is 0 Å². The van der Waals surface area contributed by atoms with E-state index in [1.54, 1.807) is 0 Å². The first-order valence-corrected chi connectivity index (χ1v) is 9.39. The van der Waals surface area contributed by atoms with E-state index in [4.69, 9.17) is 4.99 Å². The molecule has 3 heteroatoms. The first-order valence-electron chi connectivity index (χ1n) is 9.39. The van der Waals surface area contributed by atoms with Crippen molar-refractivity contribution in [2.75, 3.05) is 7.05 Å². The van der Waals surface area contributed by atoms with Gasteiger partial charge in [-0.2, -0.15) is 0 Å². The second-order valence-corrected chi connectivity index (χ2v) is 7.50. The predicted molar refractivity (Wildman–Crippen MR) is 99.7 cm³/mol. The molecule has 1 N–H and O–H groups in total. The van der Waals surface area contributed by atoms with E-state index in [-0.39, 0.29) is 0 Å². The Morgan fingerprint density at radius 1 is 0.783 bits per heavy atom. The van der Waals surface area contributed by atoms with Crippen molar-refractivity contribution in [2.45, 2.75) is 76.4 Å². The summed E-state index contributed by atoms with van der Waals surface area (Å²) in [6.45, 7) is 2.39. The molecule has 0 aromatic carbocycles. The monoisotopic (exact) mass is 313 g/mol. The second kappa shape index (κ2) is 8.05. The summed E-state index contributed by atoms with van der Waals surface area (Å²) >= 11 is 0. The molecule has 0 aliphatic heterocycles. The lowest BCUT2D eigenvalue weighted by Gasteiger charge is -2.34. The molecule has 23 heavy (non-hydrogen) atoms. The highest BCUT2D eigenvalue weighted by atomic mass is 15.0. The Bertz CT molecular complexity index is 481. The third kappa shape index (κ3) is 4.87. The Hall–Kier alpha value is -1.22.